The molecule has 0 aliphatic carbocycles. The lowest BCUT2D eigenvalue weighted by atomic mass is 9.82. The zero-order valence-corrected chi connectivity index (χ0v) is 22.7. The first-order valence-electron chi connectivity index (χ1n) is 13.4. The second-order valence-corrected chi connectivity index (χ2v) is 10.1. The Morgan fingerprint density at radius 3 is 2.32 bits per heavy atom. The van der Waals surface area contributed by atoms with Crippen LogP contribution in [0.4, 0.5) is 5.69 Å². The van der Waals surface area contributed by atoms with Gasteiger partial charge in [0.2, 0.25) is 0 Å². The van der Waals surface area contributed by atoms with Crippen LogP contribution in [0.3, 0.4) is 0 Å². The maximum Gasteiger partial charge on any atom is 0.296 e. The van der Waals surface area contributed by atoms with E-state index in [0.29, 0.717) is 48.7 Å². The molecule has 202 valence electrons. The molecule has 2 heterocycles. The first-order valence-corrected chi connectivity index (χ1v) is 13.4. The van der Waals surface area contributed by atoms with Crippen molar-refractivity contribution < 1.29 is 24.2 Å². The number of para-hydroxylation sites is 1. The first-order chi connectivity index (χ1) is 18.3. The molecule has 2 amide bonds. The number of rotatable bonds is 11. The fraction of sp³-hybridized carbons (Fsp3) is 0.433. The van der Waals surface area contributed by atoms with Gasteiger partial charge >= 0.3 is 0 Å². The number of hydrogen-bond acceptors (Lipinski definition) is 6. The van der Waals surface area contributed by atoms with Crippen molar-refractivity contribution in [2.45, 2.75) is 45.1 Å². The van der Waals surface area contributed by atoms with Crippen molar-refractivity contribution in [3.05, 3.63) is 65.2 Å². The number of carbonyl (C=O) groups excluding carboxylic acids is 3. The van der Waals surface area contributed by atoms with Gasteiger partial charge in [0.05, 0.1) is 17.9 Å². The van der Waals surface area contributed by atoms with Crippen LogP contribution in [-0.4, -0.2) is 72.8 Å². The van der Waals surface area contributed by atoms with E-state index in [-0.39, 0.29) is 23.8 Å². The first kappa shape index (κ1) is 27.4. The molecule has 1 N–H and O–H groups in total. The molecule has 0 saturated carbocycles. The van der Waals surface area contributed by atoms with Gasteiger partial charge in [-0.05, 0) is 70.2 Å². The molecule has 0 bridgehead atoms. The number of hydrogen-bond donors (Lipinski definition) is 1. The molecule has 8 nitrogen and oxygen atoms in total. The topological polar surface area (TPSA) is 90.4 Å². The van der Waals surface area contributed by atoms with Crippen LogP contribution >= 0.6 is 0 Å². The van der Waals surface area contributed by atoms with Crippen molar-refractivity contribution in [2.75, 3.05) is 45.2 Å². The van der Waals surface area contributed by atoms with Crippen molar-refractivity contribution in [1.82, 2.24) is 9.80 Å². The maximum absolute atomic E-state index is 14.4. The Bertz CT molecular complexity index is 1240. The normalized spacial score (nSPS) is 20.2. The summed E-state index contributed by atoms with van der Waals surface area (Å²) in [7, 11) is 3.86. The smallest absolute Gasteiger partial charge is 0.296 e. The zero-order chi connectivity index (χ0) is 27.4. The number of ketones is 1. The highest BCUT2D eigenvalue weighted by Gasteiger charge is 2.66. The SMILES string of the molecule is CCCCN1C(=O)C2(C(=C(O)c3ccc(OCCC)cc3)C(=O)C(=O)N2CCCN(C)C)c2ccccc21. The van der Waals surface area contributed by atoms with Crippen molar-refractivity contribution in [1.29, 1.82) is 0 Å². The molecule has 2 aliphatic heterocycles. The van der Waals surface area contributed by atoms with Gasteiger partial charge in [-0.25, -0.2) is 0 Å². The Hall–Kier alpha value is -3.65. The quantitative estimate of drug-likeness (QED) is 0.273. The van der Waals surface area contributed by atoms with Crippen molar-refractivity contribution in [3.8, 4) is 5.75 Å². The van der Waals surface area contributed by atoms with Crippen LogP contribution in [0.25, 0.3) is 5.76 Å². The summed E-state index contributed by atoms with van der Waals surface area (Å²) in [6.45, 7) is 5.95. The number of amides is 2. The predicted molar refractivity (Wildman–Crippen MR) is 147 cm³/mol. The zero-order valence-electron chi connectivity index (χ0n) is 22.7. The van der Waals surface area contributed by atoms with E-state index in [1.165, 1.54) is 4.90 Å². The highest BCUT2D eigenvalue weighted by atomic mass is 16.5. The minimum absolute atomic E-state index is 0.175. The van der Waals surface area contributed by atoms with Gasteiger partial charge in [-0.2, -0.15) is 0 Å². The molecule has 1 atom stereocenters. The van der Waals surface area contributed by atoms with Gasteiger partial charge in [0.1, 0.15) is 11.5 Å². The van der Waals surface area contributed by atoms with Crippen LogP contribution in [0, 0.1) is 0 Å². The third-order valence-corrected chi connectivity index (χ3v) is 7.13. The number of ether oxygens (including phenoxy) is 1. The summed E-state index contributed by atoms with van der Waals surface area (Å²) in [5.41, 5.74) is -0.330. The summed E-state index contributed by atoms with van der Waals surface area (Å²) >= 11 is 0. The average molecular weight is 520 g/mol. The molecular weight excluding hydrogens is 482 g/mol. The number of Topliss-reactive ketones (excluding diaryl/α,β-unsaturated/α-hetero) is 1. The molecule has 8 heteroatoms. The number of benzene rings is 2. The van der Waals surface area contributed by atoms with E-state index in [4.69, 9.17) is 4.74 Å². The molecule has 1 spiro atoms. The van der Waals surface area contributed by atoms with E-state index in [1.807, 2.05) is 45.0 Å². The number of aliphatic hydroxyl groups is 1. The van der Waals surface area contributed by atoms with Crippen LogP contribution in [0.15, 0.2) is 54.1 Å². The number of carbonyl (C=O) groups is 3. The maximum atomic E-state index is 14.4. The molecule has 0 aromatic heterocycles. The van der Waals surface area contributed by atoms with Gasteiger partial charge in [-0.1, -0.05) is 38.5 Å². The monoisotopic (exact) mass is 519 g/mol. The average Bonchev–Trinajstić information content (AvgIpc) is 3.29. The van der Waals surface area contributed by atoms with Gasteiger partial charge in [-0.15, -0.1) is 0 Å². The Morgan fingerprint density at radius 1 is 0.947 bits per heavy atom. The number of fused-ring (bicyclic) bond motifs is 2. The Labute approximate surface area is 224 Å². The molecule has 1 saturated heterocycles. The highest BCUT2D eigenvalue weighted by molar-refractivity contribution is 6.50. The van der Waals surface area contributed by atoms with E-state index >= 15 is 0 Å². The molecule has 4 rings (SSSR count). The summed E-state index contributed by atoms with van der Waals surface area (Å²) in [6.07, 6.45) is 3.07. The fourth-order valence-corrected chi connectivity index (χ4v) is 5.32. The lowest BCUT2D eigenvalue weighted by molar-refractivity contribution is -0.143. The van der Waals surface area contributed by atoms with Crippen LogP contribution in [0.2, 0.25) is 0 Å². The number of nitrogens with zero attached hydrogens (tertiary/aromatic N) is 3. The largest absolute Gasteiger partial charge is 0.507 e. The van der Waals surface area contributed by atoms with E-state index in [1.54, 1.807) is 41.3 Å². The Morgan fingerprint density at radius 2 is 1.66 bits per heavy atom. The van der Waals surface area contributed by atoms with Crippen LogP contribution in [0.5, 0.6) is 5.75 Å². The third-order valence-electron chi connectivity index (χ3n) is 7.13. The summed E-state index contributed by atoms with van der Waals surface area (Å²) in [5, 5.41) is 11.6. The molecule has 0 radical (unpaired) electrons. The van der Waals surface area contributed by atoms with Gasteiger partial charge in [0.25, 0.3) is 17.6 Å². The summed E-state index contributed by atoms with van der Waals surface area (Å²) in [4.78, 5) is 46.7. The standard InChI is InChI=1S/C30H37N3O5/c1-5-7-18-32-24-12-9-8-11-23(24)30(29(32)37)25(27(35)28(36)33(30)19-10-17-31(3)4)26(34)21-13-15-22(16-14-21)38-20-6-2/h8-9,11-16,34H,5-7,10,17-20H2,1-4H3. The van der Waals surface area contributed by atoms with Crippen LogP contribution in [-0.2, 0) is 19.9 Å². The molecule has 1 fully saturated rings. The second kappa shape index (κ2) is 11.4. The molecule has 1 unspecified atom stereocenters. The minimum Gasteiger partial charge on any atom is -0.507 e. The number of aliphatic hydroxyl groups excluding tert-OH is 1. The molecule has 38 heavy (non-hydrogen) atoms. The van der Waals surface area contributed by atoms with Crippen molar-refractivity contribution in [2.24, 2.45) is 0 Å². The van der Waals surface area contributed by atoms with Crippen molar-refractivity contribution in [3.63, 3.8) is 0 Å². The lowest BCUT2D eigenvalue weighted by Crippen LogP contribution is -2.52. The minimum atomic E-state index is -1.72. The number of unbranched alkanes of at least 4 members (excludes halogenated alkanes) is 1. The summed E-state index contributed by atoms with van der Waals surface area (Å²) in [5.74, 6) is -1.72. The lowest BCUT2D eigenvalue weighted by Gasteiger charge is -2.34. The van der Waals surface area contributed by atoms with E-state index in [9.17, 15) is 19.5 Å². The molecule has 2 aliphatic rings. The Kier molecular flexibility index (Phi) is 8.21. The van der Waals surface area contributed by atoms with Crippen LogP contribution < -0.4 is 9.64 Å². The van der Waals surface area contributed by atoms with E-state index in [2.05, 4.69) is 0 Å². The number of anilines is 1. The van der Waals surface area contributed by atoms with E-state index in [0.717, 1.165) is 19.3 Å². The third kappa shape index (κ3) is 4.58. The Balaban J connectivity index is 1.91. The van der Waals surface area contributed by atoms with Gasteiger partial charge in [-0.3, -0.25) is 14.4 Å². The molecule has 2 aromatic rings. The number of likely N-dealkylation sites (tertiary alicyclic amines) is 1. The van der Waals surface area contributed by atoms with E-state index < -0.39 is 17.2 Å². The van der Waals surface area contributed by atoms with Gasteiger partial charge in [0.15, 0.2) is 5.54 Å². The van der Waals surface area contributed by atoms with Gasteiger partial charge in [0, 0.05) is 24.2 Å². The fourth-order valence-electron chi connectivity index (χ4n) is 5.32. The molecular formula is C30H37N3O5. The molecule has 2 aromatic carbocycles. The van der Waals surface area contributed by atoms with Crippen molar-refractivity contribution >= 4 is 29.0 Å². The van der Waals surface area contributed by atoms with Gasteiger partial charge < -0.3 is 24.5 Å². The van der Waals surface area contributed by atoms with Crippen LogP contribution in [0.1, 0.15) is 50.7 Å². The predicted octanol–water partition coefficient (Wildman–Crippen LogP) is 4.15. The summed E-state index contributed by atoms with van der Waals surface area (Å²) in [6, 6.07) is 14.0. The summed E-state index contributed by atoms with van der Waals surface area (Å²) < 4.78 is 5.65. The highest BCUT2D eigenvalue weighted by Crippen LogP contribution is 2.53. The second-order valence-electron chi connectivity index (χ2n) is 10.1.